The average Bonchev–Trinajstić information content (AvgIpc) is 3.29. The van der Waals surface area contributed by atoms with Crippen LogP contribution >= 0.6 is 0 Å². The first-order chi connectivity index (χ1) is 30.1. The zero-order chi connectivity index (χ0) is 44.4. The molecule has 6 N–H and O–H groups in total. The number of Topliss-reactive ketones (excluding diaryl/α,β-unsaturated/α-hetero) is 2. The Hall–Kier alpha value is -5.45. The van der Waals surface area contributed by atoms with Crippen molar-refractivity contribution in [3.63, 3.8) is 0 Å². The van der Waals surface area contributed by atoms with Crippen molar-refractivity contribution in [3.8, 4) is 0 Å². The third-order valence-electron chi connectivity index (χ3n) is 11.4. The second-order valence-electron chi connectivity index (χ2n) is 16.5. The first kappa shape index (κ1) is 49.2. The molecule has 62 heavy (non-hydrogen) atoms. The summed E-state index contributed by atoms with van der Waals surface area (Å²) in [6.45, 7) is 3.73. The van der Waals surface area contributed by atoms with Crippen molar-refractivity contribution in [2.75, 3.05) is 26.2 Å². The van der Waals surface area contributed by atoms with Crippen molar-refractivity contribution in [3.05, 3.63) is 144 Å². The van der Waals surface area contributed by atoms with E-state index >= 15 is 0 Å². The lowest BCUT2D eigenvalue weighted by Gasteiger charge is -2.24. The molecular weight excluding hydrogens is 775 g/mol. The zero-order valence-corrected chi connectivity index (χ0v) is 36.7. The molecule has 332 valence electrons. The molecule has 0 unspecified atom stereocenters. The summed E-state index contributed by atoms with van der Waals surface area (Å²) in [5.74, 6) is -1.85. The second kappa shape index (κ2) is 28.2. The molecule has 10 nitrogen and oxygen atoms in total. The van der Waals surface area contributed by atoms with Crippen LogP contribution in [0.4, 0.5) is 0 Å². The van der Waals surface area contributed by atoms with Gasteiger partial charge in [0.15, 0.2) is 11.6 Å². The SMILES string of the molecule is CCCCCCCC(=O)N(CCCNC(=O)[C@H](CC(=O)[C@H](N)Cc1ccccc1)Cc1ccccc1)CCCNC(=O)[C@H](CC(=O)[C@H](N)Cc1ccccc1)Cc1ccccc1. The summed E-state index contributed by atoms with van der Waals surface area (Å²) >= 11 is 0. The van der Waals surface area contributed by atoms with E-state index in [1.165, 1.54) is 0 Å². The minimum Gasteiger partial charge on any atom is -0.356 e. The van der Waals surface area contributed by atoms with Crippen LogP contribution in [0.3, 0.4) is 0 Å². The summed E-state index contributed by atoms with van der Waals surface area (Å²) in [4.78, 5) is 69.3. The molecule has 0 heterocycles. The quantitative estimate of drug-likeness (QED) is 0.0412. The molecule has 0 fully saturated rings. The smallest absolute Gasteiger partial charge is 0.223 e. The number of hydrogen-bond donors (Lipinski definition) is 4. The van der Waals surface area contributed by atoms with Crippen LogP contribution in [0, 0.1) is 11.8 Å². The fourth-order valence-corrected chi connectivity index (χ4v) is 7.72. The Labute approximate surface area is 369 Å². The van der Waals surface area contributed by atoms with Gasteiger partial charge in [0.05, 0.1) is 12.1 Å². The van der Waals surface area contributed by atoms with E-state index in [0.717, 1.165) is 54.4 Å². The summed E-state index contributed by atoms with van der Waals surface area (Å²) < 4.78 is 0. The van der Waals surface area contributed by atoms with Gasteiger partial charge in [0.2, 0.25) is 17.7 Å². The number of hydrogen-bond acceptors (Lipinski definition) is 7. The van der Waals surface area contributed by atoms with Crippen LogP contribution in [-0.4, -0.2) is 72.5 Å². The molecule has 0 saturated carbocycles. The van der Waals surface area contributed by atoms with Crippen molar-refractivity contribution in [2.45, 2.75) is 109 Å². The van der Waals surface area contributed by atoms with E-state index < -0.39 is 23.9 Å². The molecule has 0 bridgehead atoms. The predicted molar refractivity (Wildman–Crippen MR) is 248 cm³/mol. The maximum atomic E-state index is 13.6. The predicted octanol–water partition coefficient (Wildman–Crippen LogP) is 6.96. The first-order valence-corrected chi connectivity index (χ1v) is 22.7. The molecular formula is C52H69N5O5. The monoisotopic (exact) mass is 844 g/mol. The minimum absolute atomic E-state index is 0.0317. The number of rotatable bonds is 30. The number of carbonyl (C=O) groups is 5. The number of ketones is 2. The van der Waals surface area contributed by atoms with Crippen LogP contribution < -0.4 is 22.1 Å². The summed E-state index contributed by atoms with van der Waals surface area (Å²) in [7, 11) is 0. The van der Waals surface area contributed by atoms with E-state index in [1.54, 1.807) is 0 Å². The highest BCUT2D eigenvalue weighted by Gasteiger charge is 2.27. The summed E-state index contributed by atoms with van der Waals surface area (Å²) in [6.07, 6.45) is 8.36. The van der Waals surface area contributed by atoms with Crippen molar-refractivity contribution >= 4 is 29.3 Å². The lowest BCUT2D eigenvalue weighted by molar-refractivity contribution is -0.131. The fourth-order valence-electron chi connectivity index (χ4n) is 7.72. The molecule has 4 atom stereocenters. The van der Waals surface area contributed by atoms with Crippen molar-refractivity contribution in [1.29, 1.82) is 0 Å². The molecule has 3 amide bonds. The minimum atomic E-state index is -0.713. The Morgan fingerprint density at radius 3 is 1.21 bits per heavy atom. The van der Waals surface area contributed by atoms with Gasteiger partial charge in [-0.3, -0.25) is 24.0 Å². The largest absolute Gasteiger partial charge is 0.356 e. The van der Waals surface area contributed by atoms with E-state index in [0.29, 0.717) is 71.1 Å². The van der Waals surface area contributed by atoms with E-state index in [4.69, 9.17) is 11.5 Å². The van der Waals surface area contributed by atoms with Gasteiger partial charge in [0, 0.05) is 57.3 Å². The molecule has 0 aliphatic heterocycles. The Morgan fingerprint density at radius 2 is 0.839 bits per heavy atom. The van der Waals surface area contributed by atoms with Gasteiger partial charge in [-0.15, -0.1) is 0 Å². The van der Waals surface area contributed by atoms with Crippen LogP contribution in [0.15, 0.2) is 121 Å². The Bertz CT molecular complexity index is 1780. The lowest BCUT2D eigenvalue weighted by atomic mass is 9.90. The molecule has 0 radical (unpaired) electrons. The maximum Gasteiger partial charge on any atom is 0.223 e. The Morgan fingerprint density at radius 1 is 0.484 bits per heavy atom. The summed E-state index contributed by atoms with van der Waals surface area (Å²) in [5, 5.41) is 6.09. The lowest BCUT2D eigenvalue weighted by Crippen LogP contribution is -2.41. The number of carbonyl (C=O) groups excluding carboxylic acids is 5. The molecule has 0 spiro atoms. The third kappa shape index (κ3) is 18.7. The van der Waals surface area contributed by atoms with Gasteiger partial charge in [0.1, 0.15) is 0 Å². The van der Waals surface area contributed by atoms with Crippen molar-refractivity contribution in [2.24, 2.45) is 23.3 Å². The highest BCUT2D eigenvalue weighted by molar-refractivity contribution is 5.90. The van der Waals surface area contributed by atoms with E-state index in [2.05, 4.69) is 17.6 Å². The highest BCUT2D eigenvalue weighted by Crippen LogP contribution is 2.18. The average molecular weight is 844 g/mol. The van der Waals surface area contributed by atoms with Gasteiger partial charge < -0.3 is 27.0 Å². The van der Waals surface area contributed by atoms with Crippen LogP contribution in [0.5, 0.6) is 0 Å². The summed E-state index contributed by atoms with van der Waals surface area (Å²) in [6, 6.07) is 37.2. The van der Waals surface area contributed by atoms with Crippen LogP contribution in [0.25, 0.3) is 0 Å². The third-order valence-corrected chi connectivity index (χ3v) is 11.4. The van der Waals surface area contributed by atoms with Crippen molar-refractivity contribution in [1.82, 2.24) is 15.5 Å². The van der Waals surface area contributed by atoms with Crippen molar-refractivity contribution < 1.29 is 24.0 Å². The molecule has 0 aliphatic rings. The standard InChI is InChI=1S/C52H69N5O5/c1-2-3-4-5-18-29-50(60)57(32-19-30-55-51(61)44(34-40-21-10-6-11-22-40)38-48(58)46(53)36-42-25-14-8-15-26-42)33-20-31-56-52(62)45(35-41-23-12-7-13-24-41)39-49(59)47(54)37-43-27-16-9-17-28-43/h6-17,21-28,44-47H,2-5,18-20,29-39,53-54H2,1H3,(H,55,61)(H,56,62)/t44-,45-,46+,47+/m0/s1. The summed E-state index contributed by atoms with van der Waals surface area (Å²) in [5.41, 5.74) is 16.5. The molecule has 4 aromatic rings. The number of nitrogens with zero attached hydrogens (tertiary/aromatic N) is 1. The second-order valence-corrected chi connectivity index (χ2v) is 16.5. The number of unbranched alkanes of at least 4 members (excludes halogenated alkanes) is 4. The molecule has 4 aromatic carbocycles. The van der Waals surface area contributed by atoms with Gasteiger partial charge in [-0.05, 0) is 67.2 Å². The topological polar surface area (TPSA) is 165 Å². The Kier molecular flexibility index (Phi) is 22.4. The van der Waals surface area contributed by atoms with E-state index in [1.807, 2.05) is 126 Å². The molecule has 0 saturated heterocycles. The molecule has 10 heteroatoms. The normalized spacial score (nSPS) is 13.0. The zero-order valence-electron chi connectivity index (χ0n) is 36.7. The fraction of sp³-hybridized carbons (Fsp3) is 0.442. The van der Waals surface area contributed by atoms with Gasteiger partial charge in [-0.2, -0.15) is 0 Å². The van der Waals surface area contributed by atoms with Gasteiger partial charge >= 0.3 is 0 Å². The van der Waals surface area contributed by atoms with Gasteiger partial charge in [-0.25, -0.2) is 0 Å². The van der Waals surface area contributed by atoms with Crippen LogP contribution in [0.2, 0.25) is 0 Å². The number of benzene rings is 4. The van der Waals surface area contributed by atoms with E-state index in [-0.39, 0.29) is 42.1 Å². The molecule has 0 aromatic heterocycles. The molecule has 4 rings (SSSR count). The number of nitrogens with one attached hydrogen (secondary N) is 2. The highest BCUT2D eigenvalue weighted by atomic mass is 16.2. The molecule has 0 aliphatic carbocycles. The van der Waals surface area contributed by atoms with Crippen LogP contribution in [0.1, 0.15) is 93.4 Å². The first-order valence-electron chi connectivity index (χ1n) is 22.7. The van der Waals surface area contributed by atoms with Gasteiger partial charge in [0.25, 0.3) is 0 Å². The van der Waals surface area contributed by atoms with Gasteiger partial charge in [-0.1, -0.05) is 154 Å². The Balaban J connectivity index is 1.32. The number of nitrogens with two attached hydrogens (primary N) is 2. The maximum absolute atomic E-state index is 13.6. The van der Waals surface area contributed by atoms with Crippen LogP contribution in [-0.2, 0) is 49.7 Å². The van der Waals surface area contributed by atoms with E-state index in [9.17, 15) is 24.0 Å². The number of amides is 3.